The van der Waals surface area contributed by atoms with E-state index in [1.807, 2.05) is 0 Å². The van der Waals surface area contributed by atoms with Crippen molar-refractivity contribution >= 4 is 28.4 Å². The number of primary amides is 1. The number of hydrogen-bond acceptors (Lipinski definition) is 4. The van der Waals surface area contributed by atoms with Crippen LogP contribution in [0.15, 0.2) is 18.3 Å². The maximum atomic E-state index is 10.9. The average molecular weight is 224 g/mol. The van der Waals surface area contributed by atoms with Crippen LogP contribution in [-0.4, -0.2) is 21.0 Å². The summed E-state index contributed by atoms with van der Waals surface area (Å²) in [6, 6.07) is 3.06. The van der Waals surface area contributed by atoms with E-state index < -0.39 is 5.91 Å². The third-order valence-electron chi connectivity index (χ3n) is 1.92. The molecule has 2 aromatic heterocycles. The molecule has 0 atom stereocenters. The summed E-state index contributed by atoms with van der Waals surface area (Å²) < 4.78 is 0. The molecule has 6 heteroatoms. The summed E-state index contributed by atoms with van der Waals surface area (Å²) in [4.78, 5) is 18.5. The van der Waals surface area contributed by atoms with Crippen LogP contribution in [0.5, 0.6) is 5.75 Å². The Balaban J connectivity index is 2.80. The van der Waals surface area contributed by atoms with Crippen LogP contribution in [0.1, 0.15) is 10.5 Å². The average Bonchev–Trinajstić information content (AvgIpc) is 2.17. The Bertz CT molecular complexity index is 556. The van der Waals surface area contributed by atoms with E-state index in [-0.39, 0.29) is 16.6 Å². The van der Waals surface area contributed by atoms with E-state index in [9.17, 15) is 9.90 Å². The molecule has 0 aliphatic rings. The third-order valence-corrected chi connectivity index (χ3v) is 2.13. The molecule has 0 aromatic carbocycles. The van der Waals surface area contributed by atoms with Crippen LogP contribution < -0.4 is 5.73 Å². The molecule has 2 rings (SSSR count). The Morgan fingerprint density at radius 3 is 2.87 bits per heavy atom. The molecule has 2 heterocycles. The first-order valence-corrected chi connectivity index (χ1v) is 4.41. The van der Waals surface area contributed by atoms with Crippen LogP contribution in [0.3, 0.4) is 0 Å². The molecule has 0 radical (unpaired) electrons. The largest absolute Gasteiger partial charge is 0.505 e. The lowest BCUT2D eigenvalue weighted by atomic mass is 10.2. The second-order valence-corrected chi connectivity index (χ2v) is 3.27. The van der Waals surface area contributed by atoms with E-state index in [4.69, 9.17) is 17.3 Å². The molecular formula is C9H6ClN3O2. The maximum Gasteiger partial charge on any atom is 0.271 e. The van der Waals surface area contributed by atoms with Gasteiger partial charge in [0.25, 0.3) is 5.91 Å². The van der Waals surface area contributed by atoms with Crippen molar-refractivity contribution in [1.29, 1.82) is 0 Å². The van der Waals surface area contributed by atoms with Crippen LogP contribution in [0.2, 0.25) is 5.15 Å². The molecule has 0 aliphatic heterocycles. The number of carbonyl (C=O) groups is 1. The molecule has 0 bridgehead atoms. The van der Waals surface area contributed by atoms with E-state index in [2.05, 4.69) is 9.97 Å². The summed E-state index contributed by atoms with van der Waals surface area (Å²) in [7, 11) is 0. The summed E-state index contributed by atoms with van der Waals surface area (Å²) >= 11 is 5.66. The third kappa shape index (κ3) is 1.57. The van der Waals surface area contributed by atoms with Gasteiger partial charge in [-0.3, -0.25) is 4.79 Å². The Labute approximate surface area is 89.5 Å². The smallest absolute Gasteiger partial charge is 0.271 e. The monoisotopic (exact) mass is 223 g/mol. The Morgan fingerprint density at radius 2 is 2.20 bits per heavy atom. The number of nitrogens with zero attached hydrogens (tertiary/aromatic N) is 2. The van der Waals surface area contributed by atoms with Crippen molar-refractivity contribution in [3.8, 4) is 5.75 Å². The lowest BCUT2D eigenvalue weighted by Crippen LogP contribution is -2.13. The van der Waals surface area contributed by atoms with Gasteiger partial charge < -0.3 is 10.8 Å². The minimum atomic E-state index is -0.788. The number of fused-ring (bicyclic) bond motifs is 1. The van der Waals surface area contributed by atoms with Gasteiger partial charge in [0.1, 0.15) is 5.15 Å². The lowest BCUT2D eigenvalue weighted by Gasteiger charge is -2.03. The van der Waals surface area contributed by atoms with E-state index in [1.165, 1.54) is 12.3 Å². The zero-order chi connectivity index (χ0) is 11.0. The van der Waals surface area contributed by atoms with Gasteiger partial charge in [-0.15, -0.1) is 0 Å². The lowest BCUT2D eigenvalue weighted by molar-refractivity contribution is 0.0993. The zero-order valence-corrected chi connectivity index (χ0v) is 8.19. The Morgan fingerprint density at radius 1 is 1.47 bits per heavy atom. The van der Waals surface area contributed by atoms with Gasteiger partial charge in [0.2, 0.25) is 0 Å². The minimum absolute atomic E-state index is 0.174. The predicted molar refractivity (Wildman–Crippen MR) is 54.7 cm³/mol. The topological polar surface area (TPSA) is 89.1 Å². The Kier molecular flexibility index (Phi) is 2.17. The van der Waals surface area contributed by atoms with Crippen LogP contribution in [0.25, 0.3) is 10.9 Å². The molecule has 15 heavy (non-hydrogen) atoms. The van der Waals surface area contributed by atoms with E-state index in [0.717, 1.165) is 0 Å². The zero-order valence-electron chi connectivity index (χ0n) is 7.44. The van der Waals surface area contributed by atoms with Crippen LogP contribution in [0.4, 0.5) is 0 Å². The number of hydrogen-bond donors (Lipinski definition) is 2. The highest BCUT2D eigenvalue weighted by Gasteiger charge is 2.13. The highest BCUT2D eigenvalue weighted by Crippen LogP contribution is 2.26. The van der Waals surface area contributed by atoms with Crippen molar-refractivity contribution in [1.82, 2.24) is 9.97 Å². The highest BCUT2D eigenvalue weighted by atomic mass is 35.5. The summed E-state index contributed by atoms with van der Waals surface area (Å²) in [5.74, 6) is -1.06. The van der Waals surface area contributed by atoms with E-state index >= 15 is 0 Å². The van der Waals surface area contributed by atoms with Crippen LogP contribution in [-0.2, 0) is 0 Å². The molecule has 0 spiro atoms. The quantitative estimate of drug-likeness (QED) is 0.708. The maximum absolute atomic E-state index is 10.9. The number of aromatic hydroxyl groups is 1. The molecule has 0 fully saturated rings. The van der Waals surface area contributed by atoms with Crippen LogP contribution in [0, 0.1) is 0 Å². The molecule has 0 saturated heterocycles. The van der Waals surface area contributed by atoms with Gasteiger partial charge in [-0.1, -0.05) is 11.6 Å². The standard InChI is InChI=1S/C9H6ClN3O2/c10-6-2-1-4-5(13-6)3-12-7(8(4)14)9(11)15/h1-3,14H,(H2,11,15). The summed E-state index contributed by atoms with van der Waals surface area (Å²) in [5.41, 5.74) is 5.26. The molecular weight excluding hydrogens is 218 g/mol. The number of rotatable bonds is 1. The van der Waals surface area contributed by atoms with Gasteiger partial charge >= 0.3 is 0 Å². The minimum Gasteiger partial charge on any atom is -0.505 e. The molecule has 0 aliphatic carbocycles. The van der Waals surface area contributed by atoms with Crippen molar-refractivity contribution < 1.29 is 9.90 Å². The van der Waals surface area contributed by atoms with Gasteiger partial charge in [0, 0.05) is 5.39 Å². The summed E-state index contributed by atoms with van der Waals surface area (Å²) in [5, 5.41) is 10.3. The second kappa shape index (κ2) is 3.36. The summed E-state index contributed by atoms with van der Waals surface area (Å²) in [6.45, 7) is 0. The van der Waals surface area contributed by atoms with Crippen molar-refractivity contribution in [3.05, 3.63) is 29.2 Å². The number of halogens is 1. The first kappa shape index (κ1) is 9.67. The van der Waals surface area contributed by atoms with Crippen molar-refractivity contribution in [2.45, 2.75) is 0 Å². The fourth-order valence-corrected chi connectivity index (χ4v) is 1.40. The summed E-state index contributed by atoms with van der Waals surface area (Å²) in [6.07, 6.45) is 1.33. The first-order chi connectivity index (χ1) is 7.09. The number of aromatic nitrogens is 2. The van der Waals surface area contributed by atoms with Crippen molar-refractivity contribution in [3.63, 3.8) is 0 Å². The second-order valence-electron chi connectivity index (χ2n) is 2.89. The van der Waals surface area contributed by atoms with Gasteiger partial charge in [-0.05, 0) is 12.1 Å². The number of carbonyl (C=O) groups excluding carboxylic acids is 1. The molecule has 1 amide bonds. The SMILES string of the molecule is NC(=O)c1ncc2nc(Cl)ccc2c1O. The molecule has 0 saturated carbocycles. The molecule has 76 valence electrons. The van der Waals surface area contributed by atoms with Crippen molar-refractivity contribution in [2.75, 3.05) is 0 Å². The molecule has 5 nitrogen and oxygen atoms in total. The van der Waals surface area contributed by atoms with Gasteiger partial charge in [-0.2, -0.15) is 0 Å². The van der Waals surface area contributed by atoms with Gasteiger partial charge in [0.15, 0.2) is 11.4 Å². The van der Waals surface area contributed by atoms with E-state index in [0.29, 0.717) is 10.9 Å². The first-order valence-electron chi connectivity index (χ1n) is 4.03. The predicted octanol–water partition coefficient (Wildman–Crippen LogP) is 1.09. The van der Waals surface area contributed by atoms with Crippen LogP contribution >= 0.6 is 11.6 Å². The Hall–Kier alpha value is -1.88. The number of pyridine rings is 2. The number of amides is 1. The normalized spacial score (nSPS) is 10.5. The molecule has 3 N–H and O–H groups in total. The fourth-order valence-electron chi connectivity index (χ4n) is 1.24. The highest BCUT2D eigenvalue weighted by molar-refractivity contribution is 6.29. The number of nitrogens with two attached hydrogens (primary N) is 1. The van der Waals surface area contributed by atoms with Gasteiger partial charge in [-0.25, -0.2) is 9.97 Å². The van der Waals surface area contributed by atoms with E-state index in [1.54, 1.807) is 6.07 Å². The van der Waals surface area contributed by atoms with Gasteiger partial charge in [0.05, 0.1) is 11.7 Å². The molecule has 0 unspecified atom stereocenters. The molecule has 2 aromatic rings. The van der Waals surface area contributed by atoms with Crippen molar-refractivity contribution in [2.24, 2.45) is 5.73 Å². The fraction of sp³-hybridized carbons (Fsp3) is 0.